The van der Waals surface area contributed by atoms with Crippen LogP contribution in [-0.4, -0.2) is 51.1 Å². The fourth-order valence-electron chi connectivity index (χ4n) is 3.55. The first-order valence-corrected chi connectivity index (χ1v) is 10.9. The van der Waals surface area contributed by atoms with Crippen molar-refractivity contribution in [1.82, 2.24) is 5.32 Å². The molecule has 0 aromatic heterocycles. The van der Waals surface area contributed by atoms with Gasteiger partial charge in [0.15, 0.2) is 6.61 Å². The Kier molecular flexibility index (Phi) is 8.69. The highest BCUT2D eigenvalue weighted by molar-refractivity contribution is 6.00. The molecule has 1 heterocycles. The van der Waals surface area contributed by atoms with Gasteiger partial charge in [0.25, 0.3) is 5.91 Å². The Bertz CT molecular complexity index is 1040. The first-order chi connectivity index (χ1) is 16.7. The van der Waals surface area contributed by atoms with Crippen LogP contribution in [0.2, 0.25) is 0 Å². The number of amides is 3. The second-order valence-electron chi connectivity index (χ2n) is 7.95. The first-order valence-electron chi connectivity index (χ1n) is 10.9. The van der Waals surface area contributed by atoms with Gasteiger partial charge in [-0.3, -0.25) is 14.4 Å². The number of alkyl halides is 3. The van der Waals surface area contributed by atoms with Crippen LogP contribution in [0.1, 0.15) is 18.4 Å². The minimum absolute atomic E-state index is 0.00797. The normalized spacial score (nSPS) is 15.7. The Morgan fingerprint density at radius 3 is 2.57 bits per heavy atom. The van der Waals surface area contributed by atoms with Gasteiger partial charge in [-0.1, -0.05) is 6.07 Å². The minimum atomic E-state index is -4.51. The Labute approximate surface area is 200 Å². The van der Waals surface area contributed by atoms with Crippen molar-refractivity contribution in [1.29, 1.82) is 0 Å². The zero-order valence-corrected chi connectivity index (χ0v) is 19.1. The summed E-state index contributed by atoms with van der Waals surface area (Å²) in [5.41, 5.74) is -0.270. The Morgan fingerprint density at radius 2 is 1.89 bits per heavy atom. The Balaban J connectivity index is 1.49. The maximum Gasteiger partial charge on any atom is 0.416 e. The van der Waals surface area contributed by atoms with E-state index in [2.05, 4.69) is 10.6 Å². The molecule has 1 fully saturated rings. The molecule has 0 radical (unpaired) electrons. The number of nitrogens with zero attached hydrogens (tertiary/aromatic N) is 1. The number of methoxy groups -OCH3 is 1. The van der Waals surface area contributed by atoms with Crippen molar-refractivity contribution in [3.8, 4) is 5.75 Å². The van der Waals surface area contributed by atoms with Crippen molar-refractivity contribution in [3.63, 3.8) is 0 Å². The van der Waals surface area contributed by atoms with Gasteiger partial charge in [-0.25, -0.2) is 0 Å². The lowest BCUT2D eigenvalue weighted by atomic mass is 10.1. The van der Waals surface area contributed by atoms with E-state index in [9.17, 15) is 27.6 Å². The number of nitrogens with one attached hydrogen (secondary N) is 2. The zero-order chi connectivity index (χ0) is 25.4. The third kappa shape index (κ3) is 7.44. The van der Waals surface area contributed by atoms with Gasteiger partial charge in [-0.05, 0) is 48.9 Å². The summed E-state index contributed by atoms with van der Waals surface area (Å²) in [5.74, 6) is -1.07. The van der Waals surface area contributed by atoms with Crippen molar-refractivity contribution in [2.45, 2.75) is 19.0 Å². The average Bonchev–Trinajstić information content (AvgIpc) is 3.22. The molecule has 2 N–H and O–H groups in total. The van der Waals surface area contributed by atoms with Crippen LogP contribution in [0.5, 0.6) is 5.75 Å². The highest BCUT2D eigenvalue weighted by Gasteiger charge is 2.35. The molecule has 3 rings (SSSR count). The molecule has 1 saturated heterocycles. The molecule has 35 heavy (non-hydrogen) atoms. The molecule has 11 heteroatoms. The van der Waals surface area contributed by atoms with E-state index < -0.39 is 30.2 Å². The number of carbonyl (C=O) groups excluding carboxylic acids is 3. The summed E-state index contributed by atoms with van der Waals surface area (Å²) < 4.78 is 48.7. The maximum atomic E-state index is 12.8. The fraction of sp³-hybridized carbons (Fsp3) is 0.375. The van der Waals surface area contributed by atoms with Crippen molar-refractivity contribution in [2.24, 2.45) is 5.92 Å². The Hall–Kier alpha value is -3.60. The van der Waals surface area contributed by atoms with Crippen molar-refractivity contribution in [3.05, 3.63) is 54.1 Å². The molecule has 0 spiro atoms. The molecule has 0 unspecified atom stereocenters. The molecular weight excluding hydrogens is 467 g/mol. The number of benzene rings is 2. The van der Waals surface area contributed by atoms with Gasteiger partial charge < -0.3 is 25.0 Å². The third-order valence-corrected chi connectivity index (χ3v) is 5.31. The molecule has 188 valence electrons. The van der Waals surface area contributed by atoms with Crippen LogP contribution >= 0.6 is 0 Å². The lowest BCUT2D eigenvalue weighted by molar-refractivity contribution is -0.137. The predicted molar refractivity (Wildman–Crippen MR) is 122 cm³/mol. The van der Waals surface area contributed by atoms with E-state index in [1.807, 2.05) is 0 Å². The summed E-state index contributed by atoms with van der Waals surface area (Å²) in [5, 5.41) is 5.17. The van der Waals surface area contributed by atoms with Gasteiger partial charge in [0.05, 0.1) is 11.5 Å². The molecule has 1 atom stereocenters. The van der Waals surface area contributed by atoms with Gasteiger partial charge in [0.2, 0.25) is 11.8 Å². The predicted octanol–water partition coefficient (Wildman–Crippen LogP) is 3.23. The quantitative estimate of drug-likeness (QED) is 0.496. The summed E-state index contributed by atoms with van der Waals surface area (Å²) in [6.45, 7) is 0.861. The van der Waals surface area contributed by atoms with Gasteiger partial charge in [-0.15, -0.1) is 0 Å². The third-order valence-electron chi connectivity index (χ3n) is 5.31. The monoisotopic (exact) mass is 493 g/mol. The lowest BCUT2D eigenvalue weighted by Crippen LogP contribution is -2.33. The van der Waals surface area contributed by atoms with Crippen LogP contribution in [0.4, 0.5) is 24.5 Å². The molecule has 0 saturated carbocycles. The van der Waals surface area contributed by atoms with E-state index in [0.29, 0.717) is 31.0 Å². The van der Waals surface area contributed by atoms with Gasteiger partial charge in [0.1, 0.15) is 5.75 Å². The van der Waals surface area contributed by atoms with Crippen LogP contribution in [0.15, 0.2) is 48.5 Å². The fourth-order valence-corrected chi connectivity index (χ4v) is 3.55. The number of hydrogen-bond donors (Lipinski definition) is 2. The van der Waals surface area contributed by atoms with E-state index in [1.165, 1.54) is 17.0 Å². The molecule has 0 aliphatic carbocycles. The standard InChI is InChI=1S/C24H26F3N3O5/c1-34-11-3-10-28-23(33)16-12-22(32)30(14-16)19-6-8-20(9-7-19)35-15-21(31)29-18-5-2-4-17(13-18)24(25,26)27/h2,4-9,13,16H,3,10-12,14-15H2,1H3,(H,28,33)(H,29,31)/t16-/m0/s1. The second-order valence-corrected chi connectivity index (χ2v) is 7.95. The van der Waals surface area contributed by atoms with Crippen molar-refractivity contribution < 1.29 is 37.0 Å². The zero-order valence-electron chi connectivity index (χ0n) is 19.1. The second kappa shape index (κ2) is 11.7. The van der Waals surface area contributed by atoms with E-state index in [1.54, 1.807) is 31.4 Å². The highest BCUT2D eigenvalue weighted by Crippen LogP contribution is 2.31. The SMILES string of the molecule is COCCCNC(=O)[C@H]1CC(=O)N(c2ccc(OCC(=O)Nc3cccc(C(F)(F)F)c3)cc2)C1. The van der Waals surface area contributed by atoms with E-state index in [-0.39, 0.29) is 30.5 Å². The summed E-state index contributed by atoms with van der Waals surface area (Å²) in [6.07, 6.45) is -3.71. The smallest absolute Gasteiger partial charge is 0.416 e. The number of carbonyl (C=O) groups is 3. The average molecular weight is 493 g/mol. The molecule has 8 nitrogen and oxygen atoms in total. The Morgan fingerprint density at radius 1 is 1.14 bits per heavy atom. The van der Waals surface area contributed by atoms with Crippen LogP contribution in [-0.2, 0) is 25.3 Å². The number of anilines is 2. The molecule has 2 aromatic carbocycles. The molecular formula is C24H26F3N3O5. The highest BCUT2D eigenvalue weighted by atomic mass is 19.4. The molecule has 2 aromatic rings. The number of ether oxygens (including phenoxy) is 2. The molecule has 1 aliphatic heterocycles. The van der Waals surface area contributed by atoms with Crippen LogP contribution in [0.25, 0.3) is 0 Å². The van der Waals surface area contributed by atoms with Gasteiger partial charge >= 0.3 is 6.18 Å². The summed E-state index contributed by atoms with van der Waals surface area (Å²) >= 11 is 0. The summed E-state index contributed by atoms with van der Waals surface area (Å²) in [7, 11) is 1.58. The maximum absolute atomic E-state index is 12.8. The lowest BCUT2D eigenvalue weighted by Gasteiger charge is -2.17. The van der Waals surface area contributed by atoms with Crippen LogP contribution in [0.3, 0.4) is 0 Å². The van der Waals surface area contributed by atoms with Crippen molar-refractivity contribution in [2.75, 3.05) is 43.6 Å². The van der Waals surface area contributed by atoms with Crippen LogP contribution < -0.4 is 20.3 Å². The van der Waals surface area contributed by atoms with Crippen LogP contribution in [0, 0.1) is 5.92 Å². The molecule has 0 bridgehead atoms. The number of rotatable bonds is 10. The van der Waals surface area contributed by atoms with E-state index >= 15 is 0 Å². The number of hydrogen-bond acceptors (Lipinski definition) is 5. The van der Waals surface area contributed by atoms with E-state index in [0.717, 1.165) is 12.1 Å². The molecule has 1 aliphatic rings. The van der Waals surface area contributed by atoms with E-state index in [4.69, 9.17) is 9.47 Å². The van der Waals surface area contributed by atoms with Gasteiger partial charge in [-0.2, -0.15) is 13.2 Å². The first kappa shape index (κ1) is 26.0. The van der Waals surface area contributed by atoms with Gasteiger partial charge in [0, 0.05) is 44.6 Å². The molecule has 3 amide bonds. The summed E-state index contributed by atoms with van der Waals surface area (Å²) in [6, 6.07) is 10.7. The van der Waals surface area contributed by atoms with Crippen molar-refractivity contribution >= 4 is 29.1 Å². The largest absolute Gasteiger partial charge is 0.484 e. The topological polar surface area (TPSA) is 97.0 Å². The minimum Gasteiger partial charge on any atom is -0.484 e. The summed E-state index contributed by atoms with van der Waals surface area (Å²) in [4.78, 5) is 38.3. The number of halogens is 3.